The number of alkyl halides is 3. The Morgan fingerprint density at radius 1 is 0.793 bits per heavy atom. The van der Waals surface area contributed by atoms with E-state index in [1.165, 1.54) is 89.4 Å². The Morgan fingerprint density at radius 2 is 1.34 bits per heavy atom. The van der Waals surface area contributed by atoms with E-state index in [0.29, 0.717) is 5.92 Å². The fraction of sp³-hybridized carbons (Fsp3) is 0.833. The summed E-state index contributed by atoms with van der Waals surface area (Å²) in [5.74, 6) is 1.93. The Labute approximate surface area is 174 Å². The van der Waals surface area contributed by atoms with Gasteiger partial charge in [-0.15, -0.1) is 0 Å². The van der Waals surface area contributed by atoms with E-state index < -0.39 is 12.0 Å². The summed E-state index contributed by atoms with van der Waals surface area (Å²) in [6, 6.07) is 0. The van der Waals surface area contributed by atoms with Crippen molar-refractivity contribution in [1.29, 1.82) is 0 Å². The summed E-state index contributed by atoms with van der Waals surface area (Å²) >= 11 is 0. The van der Waals surface area contributed by atoms with Crippen molar-refractivity contribution in [2.75, 3.05) is 0 Å². The molecule has 1 heterocycles. The highest BCUT2D eigenvalue weighted by molar-refractivity contribution is 5.13. The SMILES string of the molecule is CCCCCCC[C@H]1CC[C@H]([C@H]2CC[C@H](c3cnc(C(F)(F)F)nc3)CC2)CC1. The molecule has 0 unspecified atom stereocenters. The third-order valence-electron chi connectivity index (χ3n) is 7.44. The molecule has 2 aliphatic rings. The van der Waals surface area contributed by atoms with E-state index in [2.05, 4.69) is 16.9 Å². The molecule has 164 valence electrons. The molecule has 1 aromatic heterocycles. The van der Waals surface area contributed by atoms with Gasteiger partial charge in [-0.3, -0.25) is 0 Å². The maximum Gasteiger partial charge on any atom is 0.451 e. The molecule has 2 nitrogen and oxygen atoms in total. The molecule has 2 saturated carbocycles. The topological polar surface area (TPSA) is 25.8 Å². The van der Waals surface area contributed by atoms with E-state index in [9.17, 15) is 13.2 Å². The summed E-state index contributed by atoms with van der Waals surface area (Å²) in [5, 5.41) is 0. The average molecular weight is 411 g/mol. The van der Waals surface area contributed by atoms with Gasteiger partial charge < -0.3 is 0 Å². The van der Waals surface area contributed by atoms with Crippen LogP contribution in [0.2, 0.25) is 0 Å². The Hall–Kier alpha value is -1.13. The summed E-state index contributed by atoms with van der Waals surface area (Å²) in [5.41, 5.74) is 0.878. The second kappa shape index (κ2) is 10.8. The van der Waals surface area contributed by atoms with Crippen LogP contribution in [0.5, 0.6) is 0 Å². The molecule has 0 aromatic carbocycles. The lowest BCUT2D eigenvalue weighted by Gasteiger charge is -2.38. The zero-order valence-electron chi connectivity index (χ0n) is 17.9. The standard InChI is InChI=1S/C24H37F3N2/c1-2-3-4-5-6-7-18-8-10-19(11-9-18)20-12-14-21(15-13-20)22-16-28-23(29-17-22)24(25,26)27/h16-21H,2-15H2,1H3/t18-,19-,20-,21-. The highest BCUT2D eigenvalue weighted by Crippen LogP contribution is 2.44. The number of halogens is 3. The van der Waals surface area contributed by atoms with Gasteiger partial charge in [0, 0.05) is 12.4 Å². The van der Waals surface area contributed by atoms with E-state index in [1.807, 2.05) is 0 Å². The molecule has 0 bridgehead atoms. The Kier molecular flexibility index (Phi) is 8.37. The monoisotopic (exact) mass is 410 g/mol. The molecular weight excluding hydrogens is 373 g/mol. The van der Waals surface area contributed by atoms with E-state index >= 15 is 0 Å². The van der Waals surface area contributed by atoms with Gasteiger partial charge in [0.05, 0.1) is 0 Å². The van der Waals surface area contributed by atoms with Crippen LogP contribution in [-0.4, -0.2) is 9.97 Å². The number of aromatic nitrogens is 2. The second-order valence-corrected chi connectivity index (χ2v) is 9.43. The van der Waals surface area contributed by atoms with Crippen molar-refractivity contribution in [3.05, 3.63) is 23.8 Å². The van der Waals surface area contributed by atoms with Crippen molar-refractivity contribution >= 4 is 0 Å². The van der Waals surface area contributed by atoms with Gasteiger partial charge in [-0.05, 0) is 67.8 Å². The molecule has 1 aromatic rings. The lowest BCUT2D eigenvalue weighted by Crippen LogP contribution is -2.25. The predicted molar refractivity (Wildman–Crippen MR) is 111 cm³/mol. The molecule has 0 aliphatic heterocycles. The van der Waals surface area contributed by atoms with Crippen LogP contribution in [0.4, 0.5) is 13.2 Å². The van der Waals surface area contributed by atoms with E-state index in [1.54, 1.807) is 0 Å². The summed E-state index contributed by atoms with van der Waals surface area (Å²) in [7, 11) is 0. The van der Waals surface area contributed by atoms with Gasteiger partial charge in [-0.2, -0.15) is 13.2 Å². The molecule has 0 spiro atoms. The molecule has 2 aliphatic carbocycles. The van der Waals surface area contributed by atoms with Gasteiger partial charge in [0.25, 0.3) is 0 Å². The predicted octanol–water partition coefficient (Wildman–Crippen LogP) is 7.94. The van der Waals surface area contributed by atoms with Crippen LogP contribution < -0.4 is 0 Å². The maximum atomic E-state index is 12.6. The van der Waals surface area contributed by atoms with Crippen LogP contribution >= 0.6 is 0 Å². The van der Waals surface area contributed by atoms with Crippen LogP contribution in [0, 0.1) is 17.8 Å². The van der Waals surface area contributed by atoms with E-state index in [4.69, 9.17) is 0 Å². The van der Waals surface area contributed by atoms with Gasteiger partial charge in [0.2, 0.25) is 5.82 Å². The molecule has 0 N–H and O–H groups in total. The van der Waals surface area contributed by atoms with Gasteiger partial charge >= 0.3 is 6.18 Å². The molecule has 0 radical (unpaired) electrons. The zero-order valence-corrected chi connectivity index (χ0v) is 17.9. The summed E-state index contributed by atoms with van der Waals surface area (Å²) in [6.45, 7) is 2.27. The largest absolute Gasteiger partial charge is 0.451 e. The highest BCUT2D eigenvalue weighted by atomic mass is 19.4. The van der Waals surface area contributed by atoms with Crippen LogP contribution in [0.1, 0.15) is 114 Å². The van der Waals surface area contributed by atoms with Crippen LogP contribution in [0.3, 0.4) is 0 Å². The minimum atomic E-state index is -4.45. The van der Waals surface area contributed by atoms with E-state index in [0.717, 1.165) is 36.2 Å². The first-order valence-corrected chi connectivity index (χ1v) is 11.9. The Balaban J connectivity index is 1.37. The molecule has 0 saturated heterocycles. The van der Waals surface area contributed by atoms with Crippen molar-refractivity contribution in [3.8, 4) is 0 Å². The van der Waals surface area contributed by atoms with Crippen molar-refractivity contribution < 1.29 is 13.2 Å². The highest BCUT2D eigenvalue weighted by Gasteiger charge is 2.35. The third kappa shape index (κ3) is 6.68. The molecule has 2 fully saturated rings. The minimum Gasteiger partial charge on any atom is -0.233 e. The average Bonchev–Trinajstić information content (AvgIpc) is 2.74. The van der Waals surface area contributed by atoms with Crippen molar-refractivity contribution in [2.45, 2.75) is 109 Å². The normalized spacial score (nSPS) is 28.4. The summed E-state index contributed by atoms with van der Waals surface area (Å²) in [4.78, 5) is 7.09. The Morgan fingerprint density at radius 3 is 1.90 bits per heavy atom. The third-order valence-corrected chi connectivity index (χ3v) is 7.44. The van der Waals surface area contributed by atoms with Gasteiger partial charge in [-0.25, -0.2) is 9.97 Å². The van der Waals surface area contributed by atoms with Crippen molar-refractivity contribution in [2.24, 2.45) is 17.8 Å². The molecule has 3 rings (SSSR count). The number of rotatable bonds is 8. The fourth-order valence-electron chi connectivity index (χ4n) is 5.60. The molecule has 29 heavy (non-hydrogen) atoms. The molecular formula is C24H37F3N2. The molecule has 0 atom stereocenters. The number of hydrogen-bond acceptors (Lipinski definition) is 2. The molecule has 5 heteroatoms. The number of nitrogens with zero attached hydrogens (tertiary/aromatic N) is 2. The molecule has 0 amide bonds. The first kappa shape index (κ1) is 22.6. The van der Waals surface area contributed by atoms with Gasteiger partial charge in [0.15, 0.2) is 0 Å². The van der Waals surface area contributed by atoms with Gasteiger partial charge in [0.1, 0.15) is 0 Å². The lowest BCUT2D eigenvalue weighted by molar-refractivity contribution is -0.145. The summed E-state index contributed by atoms with van der Waals surface area (Å²) in [6.07, 6.45) is 16.8. The van der Waals surface area contributed by atoms with Gasteiger partial charge in [-0.1, -0.05) is 58.3 Å². The Bertz CT molecular complexity index is 583. The summed E-state index contributed by atoms with van der Waals surface area (Å²) < 4.78 is 37.9. The first-order chi connectivity index (χ1) is 14.0. The maximum absolute atomic E-state index is 12.6. The van der Waals surface area contributed by atoms with Crippen LogP contribution in [-0.2, 0) is 6.18 Å². The van der Waals surface area contributed by atoms with Crippen LogP contribution in [0.25, 0.3) is 0 Å². The van der Waals surface area contributed by atoms with Crippen LogP contribution in [0.15, 0.2) is 12.4 Å². The second-order valence-electron chi connectivity index (χ2n) is 9.43. The van der Waals surface area contributed by atoms with Crippen molar-refractivity contribution in [3.63, 3.8) is 0 Å². The number of hydrogen-bond donors (Lipinski definition) is 0. The smallest absolute Gasteiger partial charge is 0.233 e. The fourth-order valence-corrected chi connectivity index (χ4v) is 5.60. The minimum absolute atomic E-state index is 0.327. The number of unbranched alkanes of at least 4 members (excludes halogenated alkanes) is 4. The quantitative estimate of drug-likeness (QED) is 0.407. The van der Waals surface area contributed by atoms with E-state index in [-0.39, 0.29) is 0 Å². The zero-order chi connectivity index (χ0) is 20.7. The lowest BCUT2D eigenvalue weighted by atomic mass is 9.68. The first-order valence-electron chi connectivity index (χ1n) is 11.9. The van der Waals surface area contributed by atoms with Crippen molar-refractivity contribution in [1.82, 2.24) is 9.97 Å².